The fourth-order valence-electron chi connectivity index (χ4n) is 3.27. The molecule has 1 unspecified atom stereocenters. The average Bonchev–Trinajstić information content (AvgIpc) is 3.28. The van der Waals surface area contributed by atoms with E-state index in [-0.39, 0.29) is 19.0 Å². The summed E-state index contributed by atoms with van der Waals surface area (Å²) in [6.07, 6.45) is 4.14. The summed E-state index contributed by atoms with van der Waals surface area (Å²) in [7, 11) is 0. The summed E-state index contributed by atoms with van der Waals surface area (Å²) in [6, 6.07) is 8.07. The quantitative estimate of drug-likeness (QED) is 0.178. The molecule has 1 saturated heterocycles. The van der Waals surface area contributed by atoms with Crippen LogP contribution in [-0.2, 0) is 4.74 Å². The third-order valence-corrected chi connectivity index (χ3v) is 4.90. The molecular weight excluding hydrogens is 449 g/mol. The summed E-state index contributed by atoms with van der Waals surface area (Å²) in [4.78, 5) is 19.6. The van der Waals surface area contributed by atoms with Gasteiger partial charge in [-0.15, -0.1) is 13.2 Å². The van der Waals surface area contributed by atoms with E-state index in [1.807, 2.05) is 20.8 Å². The van der Waals surface area contributed by atoms with Gasteiger partial charge in [-0.1, -0.05) is 20.8 Å². The molecule has 0 spiro atoms. The fraction of sp³-hybridized carbons (Fsp3) is 0.346. The van der Waals surface area contributed by atoms with Crippen molar-refractivity contribution in [2.24, 2.45) is 0 Å². The summed E-state index contributed by atoms with van der Waals surface area (Å²) in [5.41, 5.74) is 1.36. The zero-order valence-corrected chi connectivity index (χ0v) is 20.9. The Kier molecular flexibility index (Phi) is 12.6. The third kappa shape index (κ3) is 7.84. The number of amides is 1. The minimum Gasteiger partial charge on any atom is -0.495 e. The van der Waals surface area contributed by atoms with Crippen molar-refractivity contribution >= 4 is 23.9 Å². The number of carbonyl (C=O) groups is 1. The van der Waals surface area contributed by atoms with Crippen molar-refractivity contribution in [2.45, 2.75) is 40.2 Å². The smallest absolute Gasteiger partial charge is 0.414 e. The normalized spacial score (nSPS) is 14.7. The average molecular weight is 486 g/mol. The second-order valence-corrected chi connectivity index (χ2v) is 7.06. The van der Waals surface area contributed by atoms with Crippen LogP contribution in [0.3, 0.4) is 0 Å². The number of nitrogens with zero attached hydrogens (tertiary/aromatic N) is 3. The van der Waals surface area contributed by atoms with E-state index >= 15 is 0 Å². The number of carbonyl (C=O) groups excluding carboxylic acids is 1. The second kappa shape index (κ2) is 15.1. The first kappa shape index (κ1) is 29.2. The highest BCUT2D eigenvalue weighted by molar-refractivity contribution is 5.90. The zero-order valence-electron chi connectivity index (χ0n) is 20.9. The Labute approximate surface area is 207 Å². The van der Waals surface area contributed by atoms with Gasteiger partial charge >= 0.3 is 6.09 Å². The zero-order chi connectivity index (χ0) is 26.4. The molecule has 0 saturated carbocycles. The lowest BCUT2D eigenvalue weighted by atomic mass is 10.1. The van der Waals surface area contributed by atoms with Gasteiger partial charge in [0.05, 0.1) is 25.1 Å². The molecule has 190 valence electrons. The van der Waals surface area contributed by atoms with Crippen LogP contribution < -0.4 is 15.1 Å². The van der Waals surface area contributed by atoms with Gasteiger partial charge in [-0.3, -0.25) is 10.3 Å². The lowest BCUT2D eigenvalue weighted by Gasteiger charge is -2.17. The Morgan fingerprint density at radius 2 is 2.09 bits per heavy atom. The van der Waals surface area contributed by atoms with Crippen LogP contribution >= 0.6 is 0 Å². The Morgan fingerprint density at radius 1 is 1.37 bits per heavy atom. The SMILES string of the molecule is C/C=C(\O)NCC1CN(c2ccc(-c3ccc(N(C=N)CCC)nc3)c(F)c2)C(=O)O1.C=C.CC. The summed E-state index contributed by atoms with van der Waals surface area (Å²) in [6.45, 7) is 14.9. The maximum atomic E-state index is 14.9. The molecule has 1 aromatic carbocycles. The van der Waals surface area contributed by atoms with Crippen LogP contribution in [-0.4, -0.2) is 48.3 Å². The van der Waals surface area contributed by atoms with Gasteiger partial charge in [0, 0.05) is 23.9 Å². The Hall–Kier alpha value is -3.88. The van der Waals surface area contributed by atoms with Crippen molar-refractivity contribution in [3.63, 3.8) is 0 Å². The van der Waals surface area contributed by atoms with Crippen LogP contribution in [0.25, 0.3) is 11.1 Å². The van der Waals surface area contributed by atoms with Gasteiger partial charge in [0.1, 0.15) is 17.7 Å². The van der Waals surface area contributed by atoms with Crippen molar-refractivity contribution in [2.75, 3.05) is 29.4 Å². The number of hydrogen-bond acceptors (Lipinski definition) is 6. The number of nitrogens with one attached hydrogen (secondary N) is 2. The van der Waals surface area contributed by atoms with E-state index in [0.29, 0.717) is 29.2 Å². The molecule has 9 heteroatoms. The first-order valence-electron chi connectivity index (χ1n) is 11.6. The van der Waals surface area contributed by atoms with E-state index in [4.69, 9.17) is 10.1 Å². The molecule has 0 bridgehead atoms. The number of halogens is 1. The maximum absolute atomic E-state index is 14.9. The molecule has 35 heavy (non-hydrogen) atoms. The molecule has 3 rings (SSSR count). The topological polar surface area (TPSA) is 102 Å². The van der Waals surface area contributed by atoms with Crippen molar-refractivity contribution in [3.05, 3.63) is 67.5 Å². The molecule has 1 aliphatic rings. The highest BCUT2D eigenvalue weighted by Crippen LogP contribution is 2.29. The van der Waals surface area contributed by atoms with Crippen LogP contribution in [0.4, 0.5) is 20.7 Å². The van der Waals surface area contributed by atoms with Gasteiger partial charge in [0.2, 0.25) is 0 Å². The maximum Gasteiger partial charge on any atom is 0.414 e. The predicted molar refractivity (Wildman–Crippen MR) is 141 cm³/mol. The van der Waals surface area contributed by atoms with Crippen LogP contribution in [0, 0.1) is 11.2 Å². The lowest BCUT2D eigenvalue weighted by Crippen LogP contribution is -2.30. The van der Waals surface area contributed by atoms with Crippen LogP contribution in [0.5, 0.6) is 0 Å². The van der Waals surface area contributed by atoms with Crippen molar-refractivity contribution in [1.82, 2.24) is 10.3 Å². The number of allylic oxidation sites excluding steroid dienone is 1. The standard InChI is InChI=1S/C22H26FN5O3.C2H6.C2H4/c1-3-9-27(14-24)20-8-5-15(11-25-20)18-7-6-16(10-19(18)23)28-13-17(31-22(28)30)12-26-21(29)4-2;2*1-2/h4-8,10-11,14,17,24,26,29H,3,9,12-13H2,1-2H3;1-2H3;1-2H2/b21-4-,24-14?;;. The lowest BCUT2D eigenvalue weighted by molar-refractivity contribution is 0.139. The summed E-state index contributed by atoms with van der Waals surface area (Å²) in [5.74, 6) is 0.148. The van der Waals surface area contributed by atoms with Crippen LogP contribution in [0.1, 0.15) is 34.1 Å². The number of rotatable bonds is 9. The number of cyclic esters (lactones) is 1. The monoisotopic (exact) mass is 485 g/mol. The fourth-order valence-corrected chi connectivity index (χ4v) is 3.27. The highest BCUT2D eigenvalue weighted by Gasteiger charge is 2.32. The molecule has 1 aliphatic heterocycles. The van der Waals surface area contributed by atoms with E-state index in [9.17, 15) is 14.3 Å². The molecule has 8 nitrogen and oxygen atoms in total. The Morgan fingerprint density at radius 3 is 2.63 bits per heavy atom. The number of ether oxygens (including phenoxy) is 1. The summed E-state index contributed by atoms with van der Waals surface area (Å²) in [5, 5.41) is 19.7. The van der Waals surface area contributed by atoms with Gasteiger partial charge in [0.25, 0.3) is 0 Å². The third-order valence-electron chi connectivity index (χ3n) is 4.90. The number of aromatic nitrogens is 1. The van der Waals surface area contributed by atoms with Crippen molar-refractivity contribution in [1.29, 1.82) is 5.41 Å². The van der Waals surface area contributed by atoms with Crippen molar-refractivity contribution < 1.29 is 19.0 Å². The molecular formula is C26H36FN5O3. The van der Waals surface area contributed by atoms with Crippen LogP contribution in [0.2, 0.25) is 0 Å². The van der Waals surface area contributed by atoms with Gasteiger partial charge < -0.3 is 20.1 Å². The van der Waals surface area contributed by atoms with Gasteiger partial charge in [-0.2, -0.15) is 0 Å². The Balaban J connectivity index is 0.00000145. The number of aliphatic hydroxyl groups excluding tert-OH is 1. The molecule has 0 radical (unpaired) electrons. The van der Waals surface area contributed by atoms with Crippen LogP contribution in [0.15, 0.2) is 61.6 Å². The molecule has 1 fully saturated rings. The van der Waals surface area contributed by atoms with Gasteiger partial charge in [0.15, 0.2) is 5.88 Å². The largest absolute Gasteiger partial charge is 0.495 e. The van der Waals surface area contributed by atoms with E-state index in [1.165, 1.54) is 23.4 Å². The molecule has 2 aromatic rings. The Bertz CT molecular complexity index is 981. The number of benzene rings is 1. The highest BCUT2D eigenvalue weighted by atomic mass is 19.1. The van der Waals surface area contributed by atoms with Gasteiger partial charge in [-0.25, -0.2) is 14.2 Å². The summed E-state index contributed by atoms with van der Waals surface area (Å²) >= 11 is 0. The number of pyridine rings is 1. The van der Waals surface area contributed by atoms with E-state index in [1.54, 1.807) is 42.3 Å². The molecule has 0 aliphatic carbocycles. The minimum absolute atomic E-state index is 0.00274. The van der Waals surface area contributed by atoms with E-state index in [2.05, 4.69) is 23.5 Å². The molecule has 1 amide bonds. The number of aliphatic hydroxyl groups is 1. The van der Waals surface area contributed by atoms with E-state index in [0.717, 1.165) is 6.42 Å². The molecule has 3 N–H and O–H groups in total. The minimum atomic E-state index is -0.562. The first-order chi connectivity index (χ1) is 17.0. The summed E-state index contributed by atoms with van der Waals surface area (Å²) < 4.78 is 20.1. The van der Waals surface area contributed by atoms with E-state index < -0.39 is 18.0 Å². The molecule has 2 heterocycles. The van der Waals surface area contributed by atoms with Crippen molar-refractivity contribution in [3.8, 4) is 11.1 Å². The second-order valence-electron chi connectivity index (χ2n) is 7.06. The van der Waals surface area contributed by atoms with Gasteiger partial charge in [-0.05, 0) is 49.8 Å². The molecule has 1 aromatic heterocycles. The first-order valence-corrected chi connectivity index (χ1v) is 11.6. The predicted octanol–water partition coefficient (Wildman–Crippen LogP) is 5.87. The molecule has 1 atom stereocenters. The number of hydrogen-bond donors (Lipinski definition) is 3. The number of anilines is 2.